The number of imide groups is 2. The molecule has 0 unspecified atom stereocenters. The number of benzene rings is 5. The monoisotopic (exact) mass is 684 g/mol. The molecule has 0 spiro atoms. The van der Waals surface area contributed by atoms with Gasteiger partial charge < -0.3 is 0 Å². The second-order valence-corrected chi connectivity index (χ2v) is 13.9. The van der Waals surface area contributed by atoms with Gasteiger partial charge in [0.1, 0.15) is 0 Å². The number of carbonyl (C=O) groups excluding carboxylic acids is 4. The van der Waals surface area contributed by atoms with Gasteiger partial charge in [-0.05, 0) is 106 Å². The first-order valence-corrected chi connectivity index (χ1v) is 18.2. The van der Waals surface area contributed by atoms with E-state index in [9.17, 15) is 19.2 Å². The Balaban J connectivity index is 1.40. The number of rotatable bonds is 8. The van der Waals surface area contributed by atoms with Crippen LogP contribution >= 0.6 is 0 Å². The highest BCUT2D eigenvalue weighted by Gasteiger charge is 2.40. The fourth-order valence-corrected chi connectivity index (χ4v) is 8.82. The summed E-state index contributed by atoms with van der Waals surface area (Å²) in [6.45, 7) is 7.99. The molecule has 2 aliphatic rings. The average molecular weight is 685 g/mol. The van der Waals surface area contributed by atoms with Gasteiger partial charge in [-0.15, -0.1) is 0 Å². The number of amides is 4. The molecule has 2 aliphatic heterocycles. The molecule has 0 fully saturated rings. The van der Waals surface area contributed by atoms with Crippen LogP contribution in [0.15, 0.2) is 85.2 Å². The molecule has 5 aromatic carbocycles. The van der Waals surface area contributed by atoms with E-state index in [0.29, 0.717) is 64.4 Å². The van der Waals surface area contributed by atoms with Crippen molar-refractivity contribution in [3.05, 3.63) is 107 Å². The molecule has 4 heterocycles. The Kier molecular flexibility index (Phi) is 7.23. The minimum absolute atomic E-state index is 0.199. The van der Waals surface area contributed by atoms with E-state index in [0.717, 1.165) is 49.1 Å². The zero-order valence-electron chi connectivity index (χ0n) is 29.5. The van der Waals surface area contributed by atoms with Crippen LogP contribution in [0.5, 0.6) is 0 Å². The van der Waals surface area contributed by atoms with Gasteiger partial charge in [-0.25, -0.2) is 0 Å². The summed E-state index contributed by atoms with van der Waals surface area (Å²) in [5, 5.41) is 6.32. The summed E-state index contributed by atoms with van der Waals surface area (Å²) in [5.74, 6) is -1.15. The molecule has 4 amide bonds. The van der Waals surface area contributed by atoms with Crippen molar-refractivity contribution >= 4 is 66.7 Å². The number of hydrogen-bond acceptors (Lipinski definition) is 6. The lowest BCUT2D eigenvalue weighted by Gasteiger charge is -2.35. The normalized spacial score (nSPS) is 14.5. The fourth-order valence-electron chi connectivity index (χ4n) is 8.82. The van der Waals surface area contributed by atoms with E-state index in [1.165, 1.54) is 9.80 Å². The van der Waals surface area contributed by atoms with Gasteiger partial charge in [0.25, 0.3) is 23.6 Å². The number of hydrogen-bond donors (Lipinski definition) is 0. The molecule has 256 valence electrons. The molecule has 0 atom stereocenters. The molecule has 9 rings (SSSR count). The Labute approximate surface area is 300 Å². The highest BCUT2D eigenvalue weighted by atomic mass is 16.2. The Hall–Kier alpha value is -6.02. The summed E-state index contributed by atoms with van der Waals surface area (Å²) in [4.78, 5) is 69.1. The van der Waals surface area contributed by atoms with Crippen molar-refractivity contribution in [1.82, 2.24) is 19.8 Å². The topological polar surface area (TPSA) is 101 Å². The van der Waals surface area contributed by atoms with Crippen LogP contribution in [0.4, 0.5) is 0 Å². The van der Waals surface area contributed by atoms with Crippen LogP contribution in [0, 0.1) is 0 Å². The van der Waals surface area contributed by atoms with E-state index in [4.69, 9.17) is 4.98 Å². The van der Waals surface area contributed by atoms with Gasteiger partial charge >= 0.3 is 0 Å². The Morgan fingerprint density at radius 3 is 1.52 bits per heavy atom. The van der Waals surface area contributed by atoms with E-state index in [1.54, 1.807) is 12.4 Å². The summed E-state index contributed by atoms with van der Waals surface area (Å²) in [5.41, 5.74) is 5.02. The first-order chi connectivity index (χ1) is 25.3. The van der Waals surface area contributed by atoms with Crippen molar-refractivity contribution in [2.75, 3.05) is 0 Å². The second kappa shape index (κ2) is 11.8. The number of carbonyl (C=O) groups is 4. The molecule has 52 heavy (non-hydrogen) atoms. The fraction of sp³-hybridized carbons (Fsp3) is 0.227. The van der Waals surface area contributed by atoms with Crippen molar-refractivity contribution in [3.63, 3.8) is 0 Å². The Bertz CT molecular complexity index is 2640. The smallest absolute Gasteiger partial charge is 0.261 e. The van der Waals surface area contributed by atoms with Gasteiger partial charge in [-0.1, -0.05) is 58.0 Å². The lowest BCUT2D eigenvalue weighted by Crippen LogP contribution is -2.46. The molecule has 7 aromatic rings. The summed E-state index contributed by atoms with van der Waals surface area (Å²) in [7, 11) is 0. The van der Waals surface area contributed by atoms with E-state index < -0.39 is 0 Å². The molecule has 8 nitrogen and oxygen atoms in total. The number of nitrogens with zero attached hydrogens (tertiary/aromatic N) is 4. The predicted octanol–water partition coefficient (Wildman–Crippen LogP) is 9.43. The predicted molar refractivity (Wildman–Crippen MR) is 204 cm³/mol. The zero-order valence-corrected chi connectivity index (χ0v) is 29.5. The minimum atomic E-state index is -0.303. The number of pyridine rings is 2. The molecule has 8 heteroatoms. The van der Waals surface area contributed by atoms with E-state index in [-0.39, 0.29) is 35.7 Å². The Morgan fingerprint density at radius 1 is 0.481 bits per heavy atom. The number of aromatic nitrogens is 2. The first-order valence-electron chi connectivity index (χ1n) is 18.2. The van der Waals surface area contributed by atoms with Crippen LogP contribution < -0.4 is 0 Å². The van der Waals surface area contributed by atoms with Crippen LogP contribution in [0.1, 0.15) is 94.8 Å². The van der Waals surface area contributed by atoms with E-state index in [2.05, 4.69) is 4.98 Å². The third kappa shape index (κ3) is 4.21. The maximum Gasteiger partial charge on any atom is 0.261 e. The standard InChI is InChI=1S/C44H36N4O4/c1-5-24(6-2)47-41(49)29-16-13-26-27-14-17-31-39-33(44(52)48(43(31)51)25(7-3)8-4)21-32(23-12-19-35(46-22-23)34-11-9-10-20-45-34)37(40(27)39)28-15-18-30(42(47)50)38(29)36(26)28/h9-22,24-25H,5-8H2,1-4H3. The molecule has 2 aromatic heterocycles. The zero-order chi connectivity index (χ0) is 36.0. The Morgan fingerprint density at radius 2 is 1.00 bits per heavy atom. The highest BCUT2D eigenvalue weighted by molar-refractivity contribution is 6.43. The van der Waals surface area contributed by atoms with E-state index >= 15 is 0 Å². The second-order valence-electron chi connectivity index (χ2n) is 13.9. The summed E-state index contributed by atoms with van der Waals surface area (Å²) < 4.78 is 0. The molecule has 0 saturated carbocycles. The third-order valence-corrected chi connectivity index (χ3v) is 11.4. The van der Waals surface area contributed by atoms with Crippen molar-refractivity contribution in [2.45, 2.75) is 65.5 Å². The first kappa shape index (κ1) is 31.9. The molecule has 0 saturated heterocycles. The van der Waals surface area contributed by atoms with Crippen molar-refractivity contribution in [2.24, 2.45) is 0 Å². The summed E-state index contributed by atoms with van der Waals surface area (Å²) >= 11 is 0. The molecule has 0 N–H and O–H groups in total. The molecule has 0 radical (unpaired) electrons. The van der Waals surface area contributed by atoms with Crippen LogP contribution in [0.3, 0.4) is 0 Å². The largest absolute Gasteiger partial charge is 0.271 e. The van der Waals surface area contributed by atoms with Crippen molar-refractivity contribution in [1.29, 1.82) is 0 Å². The lowest BCUT2D eigenvalue weighted by molar-refractivity contribution is 0.0514. The van der Waals surface area contributed by atoms with Crippen LogP contribution in [0.25, 0.3) is 65.6 Å². The summed E-state index contributed by atoms with van der Waals surface area (Å²) in [6.07, 6.45) is 6.18. The van der Waals surface area contributed by atoms with Crippen LogP contribution in [-0.2, 0) is 0 Å². The van der Waals surface area contributed by atoms with Gasteiger partial charge in [0, 0.05) is 63.1 Å². The van der Waals surface area contributed by atoms with Gasteiger partial charge in [0.2, 0.25) is 0 Å². The molecular formula is C44H36N4O4. The molecular weight excluding hydrogens is 649 g/mol. The third-order valence-electron chi connectivity index (χ3n) is 11.4. The maximum absolute atomic E-state index is 14.5. The van der Waals surface area contributed by atoms with Crippen molar-refractivity contribution in [3.8, 4) is 22.5 Å². The maximum atomic E-state index is 14.5. The van der Waals surface area contributed by atoms with Gasteiger partial charge in [0.15, 0.2) is 0 Å². The molecule has 0 bridgehead atoms. The van der Waals surface area contributed by atoms with Crippen molar-refractivity contribution < 1.29 is 19.2 Å². The SMILES string of the molecule is CCC(CC)N1C(=O)c2ccc3c4ccc5c6c(cc(-c7ccc(-c8ccccn8)nc7)c(c7ccc(c2c37)C1=O)c64)C(=O)N(C(CC)CC)C5=O. The van der Waals surface area contributed by atoms with Gasteiger partial charge in [-0.2, -0.15) is 0 Å². The lowest BCUT2D eigenvalue weighted by atomic mass is 9.79. The van der Waals surface area contributed by atoms with Gasteiger partial charge in [-0.3, -0.25) is 38.9 Å². The van der Waals surface area contributed by atoms with E-state index in [1.807, 2.05) is 100 Å². The summed E-state index contributed by atoms with van der Waals surface area (Å²) in [6, 6.07) is 22.5. The number of fused-ring (bicyclic) bond motifs is 2. The highest BCUT2D eigenvalue weighted by Crippen LogP contribution is 2.49. The minimum Gasteiger partial charge on any atom is -0.271 e. The molecule has 0 aliphatic carbocycles. The van der Waals surface area contributed by atoms with Gasteiger partial charge in [0.05, 0.1) is 11.4 Å². The van der Waals surface area contributed by atoms with Crippen LogP contribution in [0.2, 0.25) is 0 Å². The average Bonchev–Trinajstić information content (AvgIpc) is 3.18. The quantitative estimate of drug-likeness (QED) is 0.0898. The van der Waals surface area contributed by atoms with Crippen LogP contribution in [-0.4, -0.2) is 55.5 Å².